The van der Waals surface area contributed by atoms with Gasteiger partial charge in [-0.3, -0.25) is 0 Å². The third-order valence-electron chi connectivity index (χ3n) is 1.97. The van der Waals surface area contributed by atoms with Crippen LogP contribution in [0.4, 0.5) is 0 Å². The normalized spacial score (nSPS) is 49.2. The summed E-state index contributed by atoms with van der Waals surface area (Å²) in [5.74, 6) is 0. The molecule has 0 bridgehead atoms. The standard InChI is InChI=1S/C6H14N2O2/c7-4-1-2-6(8,10)3-5(4)9/h4-5,9-10H,1-3,7-8H2. The Hall–Kier alpha value is -0.160. The lowest BCUT2D eigenvalue weighted by atomic mass is 9.87. The fraction of sp³-hybridized carbons (Fsp3) is 1.00. The molecule has 0 aliphatic heterocycles. The molecule has 6 N–H and O–H groups in total. The molecule has 0 radical (unpaired) electrons. The van der Waals surface area contributed by atoms with Gasteiger partial charge in [0.1, 0.15) is 5.72 Å². The second-order valence-corrected chi connectivity index (χ2v) is 3.08. The molecule has 4 heteroatoms. The Morgan fingerprint density at radius 2 is 2.10 bits per heavy atom. The van der Waals surface area contributed by atoms with E-state index < -0.39 is 11.8 Å². The highest BCUT2D eigenvalue weighted by Gasteiger charge is 2.33. The van der Waals surface area contributed by atoms with E-state index in [1.165, 1.54) is 0 Å². The van der Waals surface area contributed by atoms with Gasteiger partial charge in [-0.1, -0.05) is 0 Å². The SMILES string of the molecule is NC1CCC(N)(O)CC1O. The first-order chi connectivity index (χ1) is 4.51. The van der Waals surface area contributed by atoms with Crippen molar-refractivity contribution in [2.75, 3.05) is 0 Å². The Bertz CT molecular complexity index is 127. The molecule has 0 spiro atoms. The molecule has 3 atom stereocenters. The number of aliphatic hydroxyl groups is 2. The smallest absolute Gasteiger partial charge is 0.116 e. The van der Waals surface area contributed by atoms with E-state index in [4.69, 9.17) is 16.6 Å². The maximum atomic E-state index is 9.22. The van der Waals surface area contributed by atoms with Crippen molar-refractivity contribution in [1.29, 1.82) is 0 Å². The van der Waals surface area contributed by atoms with Gasteiger partial charge in [-0.05, 0) is 12.8 Å². The Labute approximate surface area is 59.8 Å². The van der Waals surface area contributed by atoms with Gasteiger partial charge in [0, 0.05) is 12.5 Å². The number of aliphatic hydroxyl groups excluding tert-OH is 1. The fourth-order valence-electron chi connectivity index (χ4n) is 1.22. The van der Waals surface area contributed by atoms with E-state index in [2.05, 4.69) is 0 Å². The lowest BCUT2D eigenvalue weighted by molar-refractivity contribution is -0.0486. The predicted molar refractivity (Wildman–Crippen MR) is 37.0 cm³/mol. The van der Waals surface area contributed by atoms with E-state index in [1.54, 1.807) is 0 Å². The van der Waals surface area contributed by atoms with E-state index in [1.807, 2.05) is 0 Å². The maximum Gasteiger partial charge on any atom is 0.116 e. The van der Waals surface area contributed by atoms with Gasteiger partial charge >= 0.3 is 0 Å². The van der Waals surface area contributed by atoms with E-state index in [9.17, 15) is 5.11 Å². The van der Waals surface area contributed by atoms with Crippen LogP contribution in [0.2, 0.25) is 0 Å². The summed E-state index contributed by atoms with van der Waals surface area (Å²) < 4.78 is 0. The van der Waals surface area contributed by atoms with Gasteiger partial charge in [-0.15, -0.1) is 0 Å². The average Bonchev–Trinajstić information content (AvgIpc) is 1.79. The van der Waals surface area contributed by atoms with Gasteiger partial charge in [-0.2, -0.15) is 0 Å². The summed E-state index contributed by atoms with van der Waals surface area (Å²) in [6, 6.07) is -0.219. The van der Waals surface area contributed by atoms with Crippen LogP contribution >= 0.6 is 0 Å². The second-order valence-electron chi connectivity index (χ2n) is 3.08. The molecule has 3 unspecified atom stereocenters. The van der Waals surface area contributed by atoms with Gasteiger partial charge in [-0.25, -0.2) is 0 Å². The highest BCUT2D eigenvalue weighted by atomic mass is 16.3. The first-order valence-corrected chi connectivity index (χ1v) is 3.46. The van der Waals surface area contributed by atoms with Gasteiger partial charge < -0.3 is 21.7 Å². The molecule has 1 rings (SSSR count). The van der Waals surface area contributed by atoms with E-state index >= 15 is 0 Å². The lowest BCUT2D eigenvalue weighted by Crippen LogP contribution is -2.52. The first-order valence-electron chi connectivity index (χ1n) is 3.46. The molecular weight excluding hydrogens is 132 g/mol. The molecule has 4 nitrogen and oxygen atoms in total. The largest absolute Gasteiger partial charge is 0.391 e. The van der Waals surface area contributed by atoms with Crippen molar-refractivity contribution in [2.45, 2.75) is 37.1 Å². The number of nitrogens with two attached hydrogens (primary N) is 2. The molecule has 1 aliphatic rings. The van der Waals surface area contributed by atoms with Gasteiger partial charge in [0.25, 0.3) is 0 Å². The van der Waals surface area contributed by atoms with E-state index in [-0.39, 0.29) is 12.5 Å². The number of rotatable bonds is 0. The van der Waals surface area contributed by atoms with Crippen LogP contribution in [0.5, 0.6) is 0 Å². The molecular formula is C6H14N2O2. The zero-order valence-electron chi connectivity index (χ0n) is 5.83. The molecule has 0 aromatic heterocycles. The van der Waals surface area contributed by atoms with E-state index in [0.29, 0.717) is 12.8 Å². The lowest BCUT2D eigenvalue weighted by Gasteiger charge is -2.34. The minimum absolute atomic E-state index is 0.189. The fourth-order valence-corrected chi connectivity index (χ4v) is 1.22. The van der Waals surface area contributed by atoms with Crippen LogP contribution in [0.25, 0.3) is 0 Å². The van der Waals surface area contributed by atoms with Crippen molar-refractivity contribution < 1.29 is 10.2 Å². The second kappa shape index (κ2) is 2.47. The monoisotopic (exact) mass is 146 g/mol. The van der Waals surface area contributed by atoms with Crippen molar-refractivity contribution in [2.24, 2.45) is 11.5 Å². The van der Waals surface area contributed by atoms with Gasteiger partial charge in [0.2, 0.25) is 0 Å². The minimum Gasteiger partial charge on any atom is -0.391 e. The third-order valence-corrected chi connectivity index (χ3v) is 1.97. The van der Waals surface area contributed by atoms with Crippen molar-refractivity contribution in [3.05, 3.63) is 0 Å². The number of hydrogen-bond acceptors (Lipinski definition) is 4. The Balaban J connectivity index is 2.49. The highest BCUT2D eigenvalue weighted by molar-refractivity contribution is 4.88. The van der Waals surface area contributed by atoms with Gasteiger partial charge in [0.05, 0.1) is 6.10 Å². The third kappa shape index (κ3) is 1.67. The van der Waals surface area contributed by atoms with Crippen molar-refractivity contribution in [1.82, 2.24) is 0 Å². The summed E-state index contributed by atoms with van der Waals surface area (Å²) in [4.78, 5) is 0. The molecule has 0 heterocycles. The van der Waals surface area contributed by atoms with Crippen LogP contribution in [0.3, 0.4) is 0 Å². The molecule has 0 aromatic rings. The highest BCUT2D eigenvalue weighted by Crippen LogP contribution is 2.22. The van der Waals surface area contributed by atoms with Crippen LogP contribution in [-0.2, 0) is 0 Å². The van der Waals surface area contributed by atoms with Crippen LogP contribution in [-0.4, -0.2) is 28.1 Å². The molecule has 0 amide bonds. The zero-order valence-corrected chi connectivity index (χ0v) is 5.83. The molecule has 1 fully saturated rings. The van der Waals surface area contributed by atoms with Crippen molar-refractivity contribution in [3.8, 4) is 0 Å². The van der Waals surface area contributed by atoms with Crippen LogP contribution in [0, 0.1) is 0 Å². The Morgan fingerprint density at radius 3 is 2.50 bits per heavy atom. The van der Waals surface area contributed by atoms with Gasteiger partial charge in [0.15, 0.2) is 0 Å². The molecule has 60 valence electrons. The number of hydrogen-bond donors (Lipinski definition) is 4. The first kappa shape index (κ1) is 7.94. The Kier molecular flexibility index (Phi) is 1.96. The zero-order chi connectivity index (χ0) is 7.78. The summed E-state index contributed by atoms with van der Waals surface area (Å²) in [7, 11) is 0. The summed E-state index contributed by atoms with van der Waals surface area (Å²) >= 11 is 0. The predicted octanol–water partition coefficient (Wildman–Crippen LogP) is -1.49. The summed E-state index contributed by atoms with van der Waals surface area (Å²) in [6.45, 7) is 0. The molecule has 0 saturated heterocycles. The maximum absolute atomic E-state index is 9.22. The summed E-state index contributed by atoms with van der Waals surface area (Å²) in [5, 5.41) is 18.4. The minimum atomic E-state index is -1.20. The van der Waals surface area contributed by atoms with Crippen molar-refractivity contribution in [3.63, 3.8) is 0 Å². The van der Waals surface area contributed by atoms with Crippen LogP contribution < -0.4 is 11.5 Å². The molecule has 10 heavy (non-hydrogen) atoms. The van der Waals surface area contributed by atoms with Crippen LogP contribution in [0.15, 0.2) is 0 Å². The Morgan fingerprint density at radius 1 is 1.50 bits per heavy atom. The molecule has 1 saturated carbocycles. The molecule has 1 aliphatic carbocycles. The van der Waals surface area contributed by atoms with Crippen molar-refractivity contribution >= 4 is 0 Å². The average molecular weight is 146 g/mol. The summed E-state index contributed by atoms with van der Waals surface area (Å²) in [6.07, 6.45) is 0.608. The summed E-state index contributed by atoms with van der Waals surface area (Å²) in [5.41, 5.74) is 9.65. The van der Waals surface area contributed by atoms with E-state index in [0.717, 1.165) is 0 Å². The van der Waals surface area contributed by atoms with Crippen LogP contribution in [0.1, 0.15) is 19.3 Å². The quantitative estimate of drug-likeness (QED) is 0.313. The topological polar surface area (TPSA) is 92.5 Å². The molecule has 0 aromatic carbocycles.